The zero-order valence-corrected chi connectivity index (χ0v) is 10.9. The first-order valence-electron chi connectivity index (χ1n) is 5.14. The Hall–Kier alpha value is -1.92. The lowest BCUT2D eigenvalue weighted by molar-refractivity contribution is -0.389. The lowest BCUT2D eigenvalue weighted by Crippen LogP contribution is -2.11. The van der Waals surface area contributed by atoms with Crippen LogP contribution >= 0.6 is 23.2 Å². The van der Waals surface area contributed by atoms with Gasteiger partial charge in [-0.15, -0.1) is 0 Å². The first-order valence-corrected chi connectivity index (χ1v) is 5.89. The number of benzene rings is 1. The molecule has 0 aliphatic heterocycles. The van der Waals surface area contributed by atoms with E-state index in [0.29, 0.717) is 10.6 Å². The molecule has 19 heavy (non-hydrogen) atoms. The summed E-state index contributed by atoms with van der Waals surface area (Å²) in [5.74, 6) is -0.784. The van der Waals surface area contributed by atoms with Crippen LogP contribution in [0, 0.1) is 10.1 Å². The third kappa shape index (κ3) is 2.91. The van der Waals surface area contributed by atoms with E-state index in [1.54, 1.807) is 24.3 Å². The van der Waals surface area contributed by atoms with Crippen molar-refractivity contribution in [3.8, 4) is 0 Å². The molecule has 0 amide bonds. The van der Waals surface area contributed by atoms with Gasteiger partial charge < -0.3 is 10.1 Å². The highest BCUT2D eigenvalue weighted by Crippen LogP contribution is 2.22. The highest BCUT2D eigenvalue weighted by Gasteiger charge is 2.21. The van der Waals surface area contributed by atoms with E-state index in [1.165, 1.54) is 6.20 Å². The third-order valence-corrected chi connectivity index (χ3v) is 2.95. The molecule has 98 valence electrons. The molecule has 1 heterocycles. The first-order chi connectivity index (χ1) is 8.99. The molecule has 0 atom stereocenters. The summed E-state index contributed by atoms with van der Waals surface area (Å²) in [7, 11) is 0. The summed E-state index contributed by atoms with van der Waals surface area (Å²) in [5.41, 5.74) is 0.332. The van der Waals surface area contributed by atoms with Crippen LogP contribution in [-0.4, -0.2) is 20.5 Å². The highest BCUT2D eigenvalue weighted by atomic mass is 35.5. The molecule has 2 rings (SSSR count). The summed E-state index contributed by atoms with van der Waals surface area (Å²) in [6.45, 7) is -0.169. The second kappa shape index (κ2) is 5.38. The van der Waals surface area contributed by atoms with Gasteiger partial charge in [-0.25, -0.2) is 0 Å². The fraction of sp³-hybridized carbons (Fsp3) is 0.0909. The van der Waals surface area contributed by atoms with Crippen molar-refractivity contribution in [3.05, 3.63) is 56.2 Å². The van der Waals surface area contributed by atoms with Crippen molar-refractivity contribution in [3.63, 3.8) is 0 Å². The van der Waals surface area contributed by atoms with E-state index in [-0.39, 0.29) is 17.4 Å². The zero-order valence-electron chi connectivity index (χ0n) is 9.42. The second-order valence-electron chi connectivity index (χ2n) is 3.66. The summed E-state index contributed by atoms with van der Waals surface area (Å²) >= 11 is 11.5. The molecule has 1 aromatic heterocycles. The van der Waals surface area contributed by atoms with E-state index in [1.807, 2.05) is 0 Å². The SMILES string of the molecule is O=C(Cn1cc(Cl)c([N+](=O)[O-])n1)c1ccccc1Cl. The number of nitrogens with zero attached hydrogens (tertiary/aromatic N) is 3. The molecule has 0 spiro atoms. The number of halogens is 2. The lowest BCUT2D eigenvalue weighted by Gasteiger charge is -2.01. The van der Waals surface area contributed by atoms with E-state index in [4.69, 9.17) is 23.2 Å². The van der Waals surface area contributed by atoms with Gasteiger partial charge in [-0.05, 0) is 17.1 Å². The van der Waals surface area contributed by atoms with Gasteiger partial charge in [0.15, 0.2) is 10.8 Å². The lowest BCUT2D eigenvalue weighted by atomic mass is 10.1. The van der Waals surface area contributed by atoms with Crippen molar-refractivity contribution in [2.75, 3.05) is 0 Å². The zero-order chi connectivity index (χ0) is 14.0. The van der Waals surface area contributed by atoms with Crippen LogP contribution in [0.3, 0.4) is 0 Å². The van der Waals surface area contributed by atoms with Gasteiger partial charge in [0.25, 0.3) is 0 Å². The van der Waals surface area contributed by atoms with E-state index in [9.17, 15) is 14.9 Å². The topological polar surface area (TPSA) is 78.0 Å². The molecular weight excluding hydrogens is 293 g/mol. The number of aromatic nitrogens is 2. The van der Waals surface area contributed by atoms with Crippen molar-refractivity contribution in [1.82, 2.24) is 9.78 Å². The summed E-state index contributed by atoms with van der Waals surface area (Å²) in [6, 6.07) is 6.55. The third-order valence-electron chi connectivity index (χ3n) is 2.35. The predicted octanol–water partition coefficient (Wildman–Crippen LogP) is 2.98. The molecule has 1 aromatic carbocycles. The van der Waals surface area contributed by atoms with Crippen molar-refractivity contribution in [1.29, 1.82) is 0 Å². The minimum absolute atomic E-state index is 0.114. The standard InChI is InChI=1S/C11H7Cl2N3O3/c12-8-4-2-1-3-7(8)10(17)6-15-5-9(13)11(14-15)16(18)19/h1-5H,6H2. The highest BCUT2D eigenvalue weighted by molar-refractivity contribution is 6.34. The molecule has 8 heteroatoms. The molecule has 0 aliphatic carbocycles. The molecule has 6 nitrogen and oxygen atoms in total. The van der Waals surface area contributed by atoms with Crippen molar-refractivity contribution >= 4 is 34.8 Å². The number of carbonyl (C=O) groups excluding carboxylic acids is 1. The van der Waals surface area contributed by atoms with Gasteiger partial charge in [-0.3, -0.25) is 4.79 Å². The molecule has 0 N–H and O–H groups in total. The molecule has 0 unspecified atom stereocenters. The number of carbonyl (C=O) groups is 1. The minimum atomic E-state index is -0.710. The second-order valence-corrected chi connectivity index (χ2v) is 4.47. The maximum absolute atomic E-state index is 12.0. The van der Waals surface area contributed by atoms with Gasteiger partial charge >= 0.3 is 5.82 Å². The van der Waals surface area contributed by atoms with Gasteiger partial charge in [-0.1, -0.05) is 35.3 Å². The number of hydrogen-bond donors (Lipinski definition) is 0. The minimum Gasteiger partial charge on any atom is -0.358 e. The number of nitro groups is 1. The van der Waals surface area contributed by atoms with Crippen LogP contribution < -0.4 is 0 Å². The smallest absolute Gasteiger partial charge is 0.358 e. The van der Waals surface area contributed by atoms with Gasteiger partial charge in [0.1, 0.15) is 6.54 Å². The van der Waals surface area contributed by atoms with Crippen LogP contribution in [0.1, 0.15) is 10.4 Å². The van der Waals surface area contributed by atoms with Gasteiger partial charge in [0.05, 0.1) is 16.3 Å². The van der Waals surface area contributed by atoms with Crippen LogP contribution in [0.4, 0.5) is 5.82 Å². The van der Waals surface area contributed by atoms with Gasteiger partial charge in [0.2, 0.25) is 0 Å². The number of Topliss-reactive ketones (excluding diaryl/α,β-unsaturated/α-hetero) is 1. The van der Waals surface area contributed by atoms with E-state index in [2.05, 4.69) is 5.10 Å². The average molecular weight is 300 g/mol. The van der Waals surface area contributed by atoms with Crippen molar-refractivity contribution in [2.45, 2.75) is 6.54 Å². The van der Waals surface area contributed by atoms with Crippen LogP contribution in [-0.2, 0) is 6.54 Å². The van der Waals surface area contributed by atoms with E-state index in [0.717, 1.165) is 4.68 Å². The normalized spacial score (nSPS) is 10.4. The summed E-state index contributed by atoms with van der Waals surface area (Å²) in [4.78, 5) is 21.8. The Morgan fingerprint density at radius 1 is 1.32 bits per heavy atom. The van der Waals surface area contributed by atoms with Crippen LogP contribution in [0.2, 0.25) is 10.0 Å². The fourth-order valence-electron chi connectivity index (χ4n) is 1.51. The quantitative estimate of drug-likeness (QED) is 0.494. The Kier molecular flexibility index (Phi) is 3.82. The maximum Gasteiger partial charge on any atom is 0.408 e. The number of hydrogen-bond acceptors (Lipinski definition) is 4. The number of rotatable bonds is 4. The Morgan fingerprint density at radius 2 is 2.00 bits per heavy atom. The van der Waals surface area contributed by atoms with Gasteiger partial charge in [0, 0.05) is 5.56 Å². The Morgan fingerprint density at radius 3 is 2.58 bits per heavy atom. The Bertz CT molecular complexity index is 654. The predicted molar refractivity (Wildman–Crippen MR) is 69.7 cm³/mol. The molecule has 2 aromatic rings. The number of ketones is 1. The molecule has 0 saturated carbocycles. The summed E-state index contributed by atoms with van der Waals surface area (Å²) in [6.07, 6.45) is 1.23. The van der Waals surface area contributed by atoms with Crippen molar-refractivity contribution < 1.29 is 9.72 Å². The van der Waals surface area contributed by atoms with Crippen LogP contribution in [0.5, 0.6) is 0 Å². The summed E-state index contributed by atoms with van der Waals surface area (Å²) < 4.78 is 1.12. The van der Waals surface area contributed by atoms with Crippen molar-refractivity contribution in [2.24, 2.45) is 0 Å². The average Bonchev–Trinajstić information content (AvgIpc) is 2.70. The fourth-order valence-corrected chi connectivity index (χ4v) is 1.97. The molecule has 0 aliphatic rings. The molecular formula is C11H7Cl2N3O3. The Balaban J connectivity index is 2.22. The molecule has 0 fully saturated rings. The largest absolute Gasteiger partial charge is 0.408 e. The monoisotopic (exact) mass is 299 g/mol. The van der Waals surface area contributed by atoms with E-state index < -0.39 is 10.7 Å². The molecule has 0 bridgehead atoms. The van der Waals surface area contributed by atoms with E-state index >= 15 is 0 Å². The van der Waals surface area contributed by atoms with Crippen LogP contribution in [0.25, 0.3) is 0 Å². The molecule has 0 radical (unpaired) electrons. The van der Waals surface area contributed by atoms with Gasteiger partial charge in [-0.2, -0.15) is 4.68 Å². The summed E-state index contributed by atoms with van der Waals surface area (Å²) in [5, 5.41) is 14.4. The first kappa shape index (κ1) is 13.5. The van der Waals surface area contributed by atoms with Crippen LogP contribution in [0.15, 0.2) is 30.5 Å². The Labute approximate surface area is 117 Å². The molecule has 0 saturated heterocycles. The maximum atomic E-state index is 12.0.